The summed E-state index contributed by atoms with van der Waals surface area (Å²) in [5, 5.41) is 125. The van der Waals surface area contributed by atoms with Crippen LogP contribution in [0.2, 0.25) is 0 Å². The Morgan fingerprint density at radius 3 is 1.91 bits per heavy atom. The predicted octanol–water partition coefficient (Wildman–Crippen LogP) is -2.84. The maximum absolute atomic E-state index is 14.0. The molecule has 4 heterocycles. The number of aliphatic hydroxyl groups is 8. The largest absolute Gasteiger partial charge is 0.508 e. The molecule has 20 nitrogen and oxygen atoms in total. The van der Waals surface area contributed by atoms with Crippen molar-refractivity contribution in [3.63, 3.8) is 0 Å². The molecule has 3 aromatic rings. The van der Waals surface area contributed by atoms with Gasteiger partial charge in [0.15, 0.2) is 29.8 Å². The van der Waals surface area contributed by atoms with E-state index in [0.29, 0.717) is 0 Å². The van der Waals surface area contributed by atoms with E-state index in [1.807, 2.05) is 0 Å². The van der Waals surface area contributed by atoms with Gasteiger partial charge >= 0.3 is 0 Å². The lowest BCUT2D eigenvalue weighted by Crippen LogP contribution is -2.65. The second-order valence-corrected chi connectivity index (χ2v) is 13.1. The number of fused-ring (bicyclic) bond motifs is 1. The maximum atomic E-state index is 14.0. The van der Waals surface area contributed by atoms with E-state index < -0.39 is 144 Å². The molecule has 292 valence electrons. The van der Waals surface area contributed by atoms with E-state index >= 15 is 0 Å². The van der Waals surface area contributed by atoms with Crippen molar-refractivity contribution in [3.05, 3.63) is 40.6 Å². The summed E-state index contributed by atoms with van der Waals surface area (Å²) < 4.78 is 39.8. The molecule has 2 aromatic carbocycles. The zero-order valence-corrected chi connectivity index (χ0v) is 27.9. The summed E-state index contributed by atoms with van der Waals surface area (Å²) in [5.41, 5.74) is -1.52. The molecule has 1 aromatic heterocycles. The van der Waals surface area contributed by atoms with Crippen molar-refractivity contribution in [1.29, 1.82) is 0 Å². The van der Waals surface area contributed by atoms with E-state index in [-0.39, 0.29) is 11.1 Å². The molecule has 0 aliphatic carbocycles. The molecule has 0 radical (unpaired) electrons. The van der Waals surface area contributed by atoms with Crippen LogP contribution in [0.1, 0.15) is 13.8 Å². The fraction of sp³-hybridized carbons (Fsp3) is 0.545. The van der Waals surface area contributed by atoms with Crippen LogP contribution in [-0.4, -0.2) is 160 Å². The van der Waals surface area contributed by atoms with E-state index in [9.17, 15) is 66.1 Å². The molecule has 0 amide bonds. The Kier molecular flexibility index (Phi) is 11.1. The van der Waals surface area contributed by atoms with E-state index in [4.69, 9.17) is 32.8 Å². The Bertz CT molecular complexity index is 1830. The van der Waals surface area contributed by atoms with Crippen molar-refractivity contribution in [3.8, 4) is 40.1 Å². The molecule has 0 spiro atoms. The first-order valence-electron chi connectivity index (χ1n) is 16.4. The number of benzene rings is 2. The Morgan fingerprint density at radius 1 is 0.642 bits per heavy atom. The third-order valence-electron chi connectivity index (χ3n) is 9.36. The van der Waals surface area contributed by atoms with E-state index in [1.54, 1.807) is 0 Å². The van der Waals surface area contributed by atoms with Gasteiger partial charge in [-0.05, 0) is 32.0 Å². The number of phenolic OH excluding ortho intramolecular Hbond substituents is 4. The van der Waals surface area contributed by atoms with Crippen LogP contribution in [-0.2, 0) is 23.7 Å². The highest BCUT2D eigenvalue weighted by molar-refractivity contribution is 5.88. The highest BCUT2D eigenvalue weighted by Crippen LogP contribution is 2.40. The third-order valence-corrected chi connectivity index (χ3v) is 9.36. The first-order valence-corrected chi connectivity index (χ1v) is 16.4. The van der Waals surface area contributed by atoms with Gasteiger partial charge in [0, 0.05) is 17.7 Å². The van der Waals surface area contributed by atoms with Crippen LogP contribution in [0.4, 0.5) is 0 Å². The van der Waals surface area contributed by atoms with Crippen molar-refractivity contribution in [2.24, 2.45) is 0 Å². The van der Waals surface area contributed by atoms with Crippen LogP contribution in [0.5, 0.6) is 28.7 Å². The fourth-order valence-corrected chi connectivity index (χ4v) is 6.27. The van der Waals surface area contributed by atoms with Gasteiger partial charge in [0.2, 0.25) is 17.5 Å². The second-order valence-electron chi connectivity index (χ2n) is 13.1. The number of ether oxygens (including phenoxy) is 6. The van der Waals surface area contributed by atoms with Gasteiger partial charge in [0.25, 0.3) is 0 Å². The van der Waals surface area contributed by atoms with Crippen LogP contribution in [0.15, 0.2) is 39.5 Å². The fourth-order valence-electron chi connectivity index (χ4n) is 6.27. The molecule has 12 N–H and O–H groups in total. The van der Waals surface area contributed by atoms with Crippen molar-refractivity contribution < 1.29 is 94.1 Å². The predicted molar refractivity (Wildman–Crippen MR) is 171 cm³/mol. The Morgan fingerprint density at radius 2 is 1.26 bits per heavy atom. The van der Waals surface area contributed by atoms with Gasteiger partial charge in [-0.25, -0.2) is 0 Å². The zero-order valence-electron chi connectivity index (χ0n) is 27.9. The normalized spacial score (nSPS) is 37.8. The first kappa shape index (κ1) is 38.8. The molecule has 15 atom stereocenters. The number of aromatic hydroxyl groups is 4. The van der Waals surface area contributed by atoms with Gasteiger partial charge in [-0.2, -0.15) is 0 Å². The van der Waals surface area contributed by atoms with Crippen LogP contribution in [0.25, 0.3) is 22.3 Å². The lowest BCUT2D eigenvalue weighted by molar-refractivity contribution is -0.355. The van der Waals surface area contributed by atoms with E-state index in [0.717, 1.165) is 24.3 Å². The summed E-state index contributed by atoms with van der Waals surface area (Å²) in [6.07, 6.45) is -25.1. The minimum Gasteiger partial charge on any atom is -0.508 e. The summed E-state index contributed by atoms with van der Waals surface area (Å²) in [5.74, 6) is -3.65. The van der Waals surface area contributed by atoms with Crippen molar-refractivity contribution in [2.45, 2.75) is 106 Å². The molecule has 0 saturated carbocycles. The number of hydrogen-bond donors (Lipinski definition) is 12. The summed E-state index contributed by atoms with van der Waals surface area (Å²) in [7, 11) is 0. The Hall–Kier alpha value is -3.87. The molecule has 15 unspecified atom stereocenters. The van der Waals surface area contributed by atoms with Crippen LogP contribution >= 0.6 is 0 Å². The van der Waals surface area contributed by atoms with Gasteiger partial charge in [-0.1, -0.05) is 0 Å². The van der Waals surface area contributed by atoms with Gasteiger partial charge in [-0.3, -0.25) is 4.79 Å². The standard InChI is InChI=1S/C33H40O20/c1-9-19(38)23(42)25(44)31(48-9)47-8-17-21(40)29(52-32-26(45)24(43)20(39)10(2)49-32)27(46)33(51-17)53-30-22(41)18-15(37)6-12(34)7-16(18)50-28(30)11-3-4-13(35)14(36)5-11/h3-7,9-10,17,19-21,23-27,29,31-40,42-46H,8H2,1-2H3. The van der Waals surface area contributed by atoms with Crippen LogP contribution < -0.4 is 10.2 Å². The van der Waals surface area contributed by atoms with Gasteiger partial charge < -0.3 is 94.1 Å². The monoisotopic (exact) mass is 756 g/mol. The second kappa shape index (κ2) is 15.1. The smallest absolute Gasteiger partial charge is 0.239 e. The summed E-state index contributed by atoms with van der Waals surface area (Å²) in [4.78, 5) is 14.0. The SMILES string of the molecule is CC1OC(OCC2OC(Oc3c(-c4ccc(O)c(O)c4)oc4cc(O)cc(O)c4c3=O)C(O)C(OC3OC(C)C(O)C(O)C3O)C2O)C(O)C(O)C1O. The number of hydrogen-bond acceptors (Lipinski definition) is 20. The molecule has 3 aliphatic rings. The number of phenols is 4. The molecule has 0 bridgehead atoms. The quantitative estimate of drug-likeness (QED) is 0.103. The van der Waals surface area contributed by atoms with Gasteiger partial charge in [-0.15, -0.1) is 0 Å². The molecule has 3 fully saturated rings. The van der Waals surface area contributed by atoms with E-state index in [2.05, 4.69) is 0 Å². The van der Waals surface area contributed by atoms with Crippen LogP contribution in [0, 0.1) is 0 Å². The topological polar surface area (TPSA) is 328 Å². The molecule has 20 heteroatoms. The van der Waals surface area contributed by atoms with Crippen molar-refractivity contribution in [1.82, 2.24) is 0 Å². The van der Waals surface area contributed by atoms with Crippen molar-refractivity contribution in [2.75, 3.05) is 6.61 Å². The Balaban J connectivity index is 1.38. The maximum Gasteiger partial charge on any atom is 0.239 e. The van der Waals surface area contributed by atoms with Crippen molar-refractivity contribution >= 4 is 11.0 Å². The molecule has 3 aliphatic heterocycles. The average molecular weight is 757 g/mol. The van der Waals surface area contributed by atoms with Gasteiger partial charge in [0.1, 0.15) is 83.5 Å². The molecule has 6 rings (SSSR count). The lowest BCUT2D eigenvalue weighted by Gasteiger charge is -2.46. The van der Waals surface area contributed by atoms with Crippen LogP contribution in [0.3, 0.4) is 0 Å². The summed E-state index contributed by atoms with van der Waals surface area (Å²) >= 11 is 0. The highest BCUT2D eigenvalue weighted by Gasteiger charge is 2.52. The third kappa shape index (κ3) is 7.34. The molecular weight excluding hydrogens is 716 g/mol. The summed E-state index contributed by atoms with van der Waals surface area (Å²) in [6.45, 7) is 2.05. The molecule has 53 heavy (non-hydrogen) atoms. The zero-order chi connectivity index (χ0) is 38.6. The number of aliphatic hydroxyl groups excluding tert-OH is 8. The molecular formula is C33H40O20. The summed E-state index contributed by atoms with van der Waals surface area (Å²) in [6, 6.07) is 5.10. The average Bonchev–Trinajstić information content (AvgIpc) is 3.11. The highest BCUT2D eigenvalue weighted by atomic mass is 16.7. The van der Waals surface area contributed by atoms with E-state index in [1.165, 1.54) is 19.9 Å². The van der Waals surface area contributed by atoms with Gasteiger partial charge in [0.05, 0.1) is 18.8 Å². The minimum atomic E-state index is -2.09. The lowest BCUT2D eigenvalue weighted by atomic mass is 9.97. The first-order chi connectivity index (χ1) is 25.0. The number of rotatable bonds is 8. The Labute approximate surface area is 298 Å². The minimum absolute atomic E-state index is 0.0892. The molecule has 3 saturated heterocycles.